The molecule has 0 aliphatic carbocycles. The Bertz CT molecular complexity index is 1340. The van der Waals surface area contributed by atoms with Crippen LogP contribution in [0.2, 0.25) is 0 Å². The number of fused-ring (bicyclic) bond motifs is 1. The van der Waals surface area contributed by atoms with Gasteiger partial charge in [0, 0.05) is 35.6 Å². The Kier molecular flexibility index (Phi) is 6.11. The van der Waals surface area contributed by atoms with E-state index in [1.54, 1.807) is 31.5 Å². The van der Waals surface area contributed by atoms with Gasteiger partial charge in [-0.2, -0.15) is 0 Å². The zero-order chi connectivity index (χ0) is 23.7. The van der Waals surface area contributed by atoms with Crippen LogP contribution in [0.15, 0.2) is 61.1 Å². The summed E-state index contributed by atoms with van der Waals surface area (Å²) in [5.74, 6) is 0.146. The van der Waals surface area contributed by atoms with Crippen LogP contribution in [0.1, 0.15) is 28.9 Å². The second-order valence-electron chi connectivity index (χ2n) is 9.11. The molecule has 1 saturated heterocycles. The van der Waals surface area contributed by atoms with Crippen LogP contribution >= 0.6 is 0 Å². The Morgan fingerprint density at radius 1 is 1.12 bits per heavy atom. The number of nitrogens with one attached hydrogen (secondary N) is 1. The maximum atomic E-state index is 13.8. The van der Waals surface area contributed by atoms with Crippen molar-refractivity contribution in [3.05, 3.63) is 78.1 Å². The molecule has 0 bridgehead atoms. The maximum Gasteiger partial charge on any atom is 0.269 e. The van der Waals surface area contributed by atoms with Crippen LogP contribution < -0.4 is 5.32 Å². The molecule has 1 fully saturated rings. The first-order chi connectivity index (χ1) is 16.5. The van der Waals surface area contributed by atoms with E-state index in [2.05, 4.69) is 27.2 Å². The van der Waals surface area contributed by atoms with Gasteiger partial charge in [-0.3, -0.25) is 14.2 Å². The van der Waals surface area contributed by atoms with Crippen molar-refractivity contribution < 1.29 is 9.18 Å². The molecule has 6 nitrogen and oxygen atoms in total. The number of pyridine rings is 2. The largest absolute Gasteiger partial charge is 0.350 e. The van der Waals surface area contributed by atoms with E-state index in [0.717, 1.165) is 48.3 Å². The fourth-order valence-corrected chi connectivity index (χ4v) is 4.56. The first-order valence-electron chi connectivity index (χ1n) is 11.7. The quantitative estimate of drug-likeness (QED) is 0.476. The fraction of sp³-hybridized carbons (Fsp3) is 0.296. The van der Waals surface area contributed by atoms with Crippen LogP contribution in [0.25, 0.3) is 28.0 Å². The van der Waals surface area contributed by atoms with Gasteiger partial charge in [0.25, 0.3) is 5.91 Å². The zero-order valence-electron chi connectivity index (χ0n) is 19.5. The van der Waals surface area contributed by atoms with Crippen molar-refractivity contribution in [3.8, 4) is 22.4 Å². The molecule has 5 rings (SSSR count). The number of aromatic nitrogens is 3. The maximum absolute atomic E-state index is 13.8. The number of likely N-dealkylation sites (tertiary alicyclic amines) is 1. The Labute approximate surface area is 198 Å². The summed E-state index contributed by atoms with van der Waals surface area (Å²) in [7, 11) is 2.13. The molecular weight excluding hydrogens is 429 g/mol. The van der Waals surface area contributed by atoms with Crippen LogP contribution in [0.3, 0.4) is 0 Å². The van der Waals surface area contributed by atoms with Crippen LogP contribution in [-0.2, 0) is 0 Å². The highest BCUT2D eigenvalue weighted by Gasteiger charge is 2.19. The van der Waals surface area contributed by atoms with Crippen LogP contribution in [0.5, 0.6) is 0 Å². The van der Waals surface area contributed by atoms with E-state index in [9.17, 15) is 9.18 Å². The molecule has 1 N–H and O–H groups in total. The monoisotopic (exact) mass is 457 g/mol. The Balaban J connectivity index is 1.44. The third-order valence-corrected chi connectivity index (χ3v) is 6.68. The van der Waals surface area contributed by atoms with E-state index in [1.165, 1.54) is 6.07 Å². The smallest absolute Gasteiger partial charge is 0.269 e. The van der Waals surface area contributed by atoms with Gasteiger partial charge in [-0.25, -0.2) is 9.37 Å². The molecule has 0 unspecified atom stereocenters. The van der Waals surface area contributed by atoms with Crippen molar-refractivity contribution in [1.29, 1.82) is 0 Å². The second-order valence-corrected chi connectivity index (χ2v) is 9.11. The Morgan fingerprint density at radius 2 is 1.91 bits per heavy atom. The van der Waals surface area contributed by atoms with Gasteiger partial charge in [0.05, 0.1) is 11.9 Å². The lowest BCUT2D eigenvalue weighted by Gasteiger charge is -2.28. The molecule has 4 aromatic rings. The van der Waals surface area contributed by atoms with Crippen molar-refractivity contribution in [2.75, 3.05) is 26.7 Å². The summed E-state index contributed by atoms with van der Waals surface area (Å²) in [6.45, 7) is 4.56. The zero-order valence-corrected chi connectivity index (χ0v) is 19.5. The third-order valence-electron chi connectivity index (χ3n) is 6.68. The normalized spacial score (nSPS) is 15.0. The predicted octanol–water partition coefficient (Wildman–Crippen LogP) is 4.58. The van der Waals surface area contributed by atoms with Crippen LogP contribution in [-0.4, -0.2) is 51.9 Å². The number of hydrogen-bond acceptors (Lipinski definition) is 4. The lowest BCUT2D eigenvalue weighted by molar-refractivity contribution is 0.0933. The van der Waals surface area contributed by atoms with Gasteiger partial charge in [-0.05, 0) is 87.8 Å². The molecule has 34 heavy (non-hydrogen) atoms. The average molecular weight is 458 g/mol. The van der Waals surface area contributed by atoms with Crippen molar-refractivity contribution in [3.63, 3.8) is 0 Å². The summed E-state index contributed by atoms with van der Waals surface area (Å²) >= 11 is 0. The van der Waals surface area contributed by atoms with Gasteiger partial charge in [-0.1, -0.05) is 6.07 Å². The third kappa shape index (κ3) is 4.43. The lowest BCUT2D eigenvalue weighted by atomic mass is 9.97. The highest BCUT2D eigenvalue weighted by molar-refractivity contribution is 5.93. The molecule has 1 aromatic carbocycles. The molecule has 7 heteroatoms. The number of carbonyl (C=O) groups is 1. The molecule has 1 aliphatic heterocycles. The molecule has 0 saturated carbocycles. The summed E-state index contributed by atoms with van der Waals surface area (Å²) in [6.07, 6.45) is 7.47. The topological polar surface area (TPSA) is 62.5 Å². The molecule has 1 amide bonds. The van der Waals surface area contributed by atoms with Crippen molar-refractivity contribution in [2.24, 2.45) is 5.92 Å². The first kappa shape index (κ1) is 22.2. The highest BCUT2D eigenvalue weighted by Crippen LogP contribution is 2.31. The van der Waals surface area contributed by atoms with Crippen LogP contribution in [0.4, 0.5) is 4.39 Å². The number of piperidine rings is 1. The van der Waals surface area contributed by atoms with E-state index in [4.69, 9.17) is 0 Å². The summed E-state index contributed by atoms with van der Waals surface area (Å²) < 4.78 is 15.7. The summed E-state index contributed by atoms with van der Waals surface area (Å²) in [5, 5.41) is 3.10. The van der Waals surface area contributed by atoms with Crippen molar-refractivity contribution in [1.82, 2.24) is 24.6 Å². The summed E-state index contributed by atoms with van der Waals surface area (Å²) in [6, 6.07) is 12.7. The van der Waals surface area contributed by atoms with E-state index in [0.29, 0.717) is 29.4 Å². The standard InChI is InChI=1S/C27H28FN5O/c1-18-14-20(5-7-23(18)28)26-22(4-3-11-29-26)21-6-8-25-30-16-24(33(25)17-21)27(34)31-15-19-9-12-32(2)13-10-19/h3-8,11,14,16-17,19H,9-10,12-13,15H2,1-2H3,(H,31,34). The lowest BCUT2D eigenvalue weighted by Crippen LogP contribution is -2.37. The van der Waals surface area contributed by atoms with Gasteiger partial charge in [0.15, 0.2) is 0 Å². The number of aryl methyl sites for hydroxylation is 1. The number of carbonyl (C=O) groups excluding carboxylic acids is 1. The molecule has 3 aromatic heterocycles. The number of nitrogens with zero attached hydrogens (tertiary/aromatic N) is 4. The number of rotatable bonds is 5. The minimum absolute atomic E-state index is 0.121. The number of halogens is 1. The van der Waals surface area contributed by atoms with Gasteiger partial charge in [0.2, 0.25) is 0 Å². The number of hydrogen-bond donors (Lipinski definition) is 1. The summed E-state index contributed by atoms with van der Waals surface area (Å²) in [5.41, 5.74) is 5.20. The molecule has 0 radical (unpaired) electrons. The van der Waals surface area contributed by atoms with E-state index < -0.39 is 0 Å². The fourth-order valence-electron chi connectivity index (χ4n) is 4.56. The van der Waals surface area contributed by atoms with E-state index in [1.807, 2.05) is 34.9 Å². The van der Waals surface area contributed by atoms with Gasteiger partial charge in [0.1, 0.15) is 17.2 Å². The van der Waals surface area contributed by atoms with Crippen molar-refractivity contribution in [2.45, 2.75) is 19.8 Å². The Morgan fingerprint density at radius 3 is 2.71 bits per heavy atom. The second kappa shape index (κ2) is 9.35. The number of imidazole rings is 1. The van der Waals surface area contributed by atoms with Gasteiger partial charge >= 0.3 is 0 Å². The molecule has 0 spiro atoms. The Hall–Kier alpha value is -3.58. The van der Waals surface area contributed by atoms with Gasteiger partial charge in [-0.15, -0.1) is 0 Å². The minimum atomic E-state index is -0.239. The SMILES string of the molecule is Cc1cc(-c2ncccc2-c2ccc3ncc(C(=O)NCC4CCN(C)CC4)n3c2)ccc1F. The highest BCUT2D eigenvalue weighted by atomic mass is 19.1. The number of benzene rings is 1. The molecular formula is C27H28FN5O. The average Bonchev–Trinajstić information content (AvgIpc) is 3.28. The minimum Gasteiger partial charge on any atom is -0.350 e. The first-order valence-corrected chi connectivity index (χ1v) is 11.7. The van der Waals surface area contributed by atoms with E-state index in [-0.39, 0.29) is 11.7 Å². The van der Waals surface area contributed by atoms with Crippen LogP contribution in [0, 0.1) is 18.7 Å². The summed E-state index contributed by atoms with van der Waals surface area (Å²) in [4.78, 5) is 24.3. The predicted molar refractivity (Wildman–Crippen MR) is 131 cm³/mol. The van der Waals surface area contributed by atoms with E-state index >= 15 is 0 Å². The van der Waals surface area contributed by atoms with Crippen molar-refractivity contribution >= 4 is 11.6 Å². The molecule has 1 aliphatic rings. The molecule has 0 atom stereocenters. The van der Waals surface area contributed by atoms with Gasteiger partial charge < -0.3 is 10.2 Å². The number of amides is 1. The molecule has 174 valence electrons. The molecule has 4 heterocycles.